The quantitative estimate of drug-likeness (QED) is 0.167. The number of ether oxygens (including phenoxy) is 1. The van der Waals surface area contributed by atoms with E-state index in [4.69, 9.17) is 4.74 Å². The molecule has 0 saturated heterocycles. The summed E-state index contributed by atoms with van der Waals surface area (Å²) in [6.45, 7) is 6.33. The Bertz CT molecular complexity index is 555. The lowest BCUT2D eigenvalue weighted by molar-refractivity contribution is -0.121. The summed E-state index contributed by atoms with van der Waals surface area (Å²) in [5, 5.41) is 4.04. The van der Waals surface area contributed by atoms with Gasteiger partial charge < -0.3 is 4.74 Å². The van der Waals surface area contributed by atoms with Crippen LogP contribution in [0.5, 0.6) is 5.75 Å². The Kier molecular flexibility index (Phi) is 13.7. The van der Waals surface area contributed by atoms with Gasteiger partial charge in [-0.05, 0) is 18.6 Å². The number of nitrogens with one attached hydrogen (secondary N) is 1. The molecule has 150 valence electrons. The molecule has 4 heteroatoms. The van der Waals surface area contributed by atoms with Crippen molar-refractivity contribution in [3.8, 4) is 5.75 Å². The van der Waals surface area contributed by atoms with E-state index in [-0.39, 0.29) is 5.91 Å². The summed E-state index contributed by atoms with van der Waals surface area (Å²) in [6.07, 6.45) is 16.5. The highest BCUT2D eigenvalue weighted by atomic mass is 16.5. The van der Waals surface area contributed by atoms with Crippen LogP contribution < -0.4 is 10.2 Å². The van der Waals surface area contributed by atoms with Crippen molar-refractivity contribution in [1.82, 2.24) is 5.43 Å². The van der Waals surface area contributed by atoms with E-state index in [9.17, 15) is 4.79 Å². The van der Waals surface area contributed by atoms with Crippen molar-refractivity contribution in [2.24, 2.45) is 5.10 Å². The molecule has 0 aliphatic rings. The van der Waals surface area contributed by atoms with E-state index in [2.05, 4.69) is 24.0 Å². The van der Waals surface area contributed by atoms with E-state index in [0.717, 1.165) is 24.2 Å². The zero-order chi connectivity index (χ0) is 19.6. The molecule has 0 radical (unpaired) electrons. The van der Waals surface area contributed by atoms with E-state index in [0.29, 0.717) is 13.0 Å². The van der Waals surface area contributed by atoms with Crippen LogP contribution in [-0.4, -0.2) is 18.7 Å². The molecule has 1 amide bonds. The van der Waals surface area contributed by atoms with Gasteiger partial charge in [-0.25, -0.2) is 5.43 Å². The Labute approximate surface area is 165 Å². The van der Waals surface area contributed by atoms with Crippen molar-refractivity contribution in [2.75, 3.05) is 6.61 Å². The fourth-order valence-corrected chi connectivity index (χ4v) is 2.87. The van der Waals surface area contributed by atoms with Gasteiger partial charge >= 0.3 is 0 Å². The van der Waals surface area contributed by atoms with Crippen molar-refractivity contribution in [2.45, 2.75) is 77.6 Å². The lowest BCUT2D eigenvalue weighted by Gasteiger charge is -2.06. The number of amides is 1. The molecule has 1 N–H and O–H groups in total. The highest BCUT2D eigenvalue weighted by Gasteiger charge is 2.01. The number of carbonyl (C=O) groups is 1. The van der Waals surface area contributed by atoms with Gasteiger partial charge in [0.15, 0.2) is 0 Å². The van der Waals surface area contributed by atoms with E-state index >= 15 is 0 Å². The molecule has 1 aromatic rings. The van der Waals surface area contributed by atoms with Crippen LogP contribution in [0.15, 0.2) is 42.0 Å². The van der Waals surface area contributed by atoms with Crippen LogP contribution in [0.1, 0.15) is 83.1 Å². The Morgan fingerprint density at radius 3 is 2.33 bits per heavy atom. The van der Waals surface area contributed by atoms with Gasteiger partial charge in [0.25, 0.3) is 0 Å². The van der Waals surface area contributed by atoms with Crippen molar-refractivity contribution in [3.63, 3.8) is 0 Å². The van der Waals surface area contributed by atoms with Crippen LogP contribution in [0.2, 0.25) is 0 Å². The minimum absolute atomic E-state index is 0.0321. The monoisotopic (exact) mass is 372 g/mol. The van der Waals surface area contributed by atoms with Crippen LogP contribution in [0, 0.1) is 0 Å². The first-order valence-electron chi connectivity index (χ1n) is 10.4. The maximum Gasteiger partial charge on any atom is 0.240 e. The summed E-state index contributed by atoms with van der Waals surface area (Å²) in [5.74, 6) is 0.695. The van der Waals surface area contributed by atoms with Gasteiger partial charge in [-0.2, -0.15) is 5.10 Å². The number of hydrogen-bond acceptors (Lipinski definition) is 3. The first-order chi connectivity index (χ1) is 13.3. The normalized spacial score (nSPS) is 10.9. The first kappa shape index (κ1) is 22.9. The second-order valence-electron chi connectivity index (χ2n) is 6.86. The highest BCUT2D eigenvalue weighted by molar-refractivity contribution is 5.85. The molecule has 0 aliphatic carbocycles. The number of benzene rings is 1. The second kappa shape index (κ2) is 16.1. The van der Waals surface area contributed by atoms with Crippen LogP contribution in [-0.2, 0) is 4.79 Å². The van der Waals surface area contributed by atoms with Gasteiger partial charge in [0.05, 0.1) is 6.21 Å². The van der Waals surface area contributed by atoms with Crippen molar-refractivity contribution in [3.05, 3.63) is 42.5 Å². The Morgan fingerprint density at radius 1 is 1.04 bits per heavy atom. The minimum Gasteiger partial charge on any atom is -0.489 e. The minimum atomic E-state index is -0.0321. The maximum atomic E-state index is 11.9. The molecular weight excluding hydrogens is 336 g/mol. The van der Waals surface area contributed by atoms with Crippen LogP contribution in [0.25, 0.3) is 0 Å². The van der Waals surface area contributed by atoms with E-state index < -0.39 is 0 Å². The standard InChI is InChI=1S/C23H36N2O2/c1-3-5-6-7-8-9-10-11-12-13-18-23(26)25-24-20-21-16-14-15-17-22(21)27-19-4-2/h4,14-17,20H,2-3,5-13,18-19H2,1H3,(H,25,26). The molecule has 0 fully saturated rings. The topological polar surface area (TPSA) is 50.7 Å². The molecule has 27 heavy (non-hydrogen) atoms. The number of unbranched alkanes of at least 4 members (excludes halogenated alkanes) is 9. The molecule has 4 nitrogen and oxygen atoms in total. The zero-order valence-corrected chi connectivity index (χ0v) is 16.9. The molecule has 0 heterocycles. The van der Waals surface area contributed by atoms with Crippen molar-refractivity contribution in [1.29, 1.82) is 0 Å². The summed E-state index contributed by atoms with van der Waals surface area (Å²) in [4.78, 5) is 11.9. The van der Waals surface area contributed by atoms with E-state index in [1.54, 1.807) is 12.3 Å². The van der Waals surface area contributed by atoms with Gasteiger partial charge in [-0.1, -0.05) is 89.5 Å². The molecule has 0 saturated carbocycles. The molecule has 0 aliphatic heterocycles. The zero-order valence-electron chi connectivity index (χ0n) is 16.9. The SMILES string of the molecule is C=CCOc1ccccc1C=NNC(=O)CCCCCCCCCCCC. The molecule has 1 aromatic carbocycles. The van der Waals surface area contributed by atoms with Gasteiger partial charge in [0.1, 0.15) is 12.4 Å². The van der Waals surface area contributed by atoms with Gasteiger partial charge in [0.2, 0.25) is 5.91 Å². The number of carbonyl (C=O) groups excluding carboxylic acids is 1. The number of nitrogens with zero attached hydrogens (tertiary/aromatic N) is 1. The lowest BCUT2D eigenvalue weighted by Crippen LogP contribution is -2.17. The summed E-state index contributed by atoms with van der Waals surface area (Å²) < 4.78 is 5.56. The predicted octanol–water partition coefficient (Wildman–Crippen LogP) is 6.01. The summed E-state index contributed by atoms with van der Waals surface area (Å²) in [6, 6.07) is 7.58. The van der Waals surface area contributed by atoms with Gasteiger partial charge in [-0.15, -0.1) is 0 Å². The first-order valence-corrected chi connectivity index (χ1v) is 10.4. The third kappa shape index (κ3) is 12.0. The highest BCUT2D eigenvalue weighted by Crippen LogP contribution is 2.15. The largest absolute Gasteiger partial charge is 0.489 e. The van der Waals surface area contributed by atoms with E-state index in [1.807, 2.05) is 24.3 Å². The van der Waals surface area contributed by atoms with Crippen molar-refractivity contribution >= 4 is 12.1 Å². The lowest BCUT2D eigenvalue weighted by atomic mass is 10.1. The molecule has 0 spiro atoms. The molecule has 0 atom stereocenters. The molecular formula is C23H36N2O2. The number of hydrazone groups is 1. The summed E-state index contributed by atoms with van der Waals surface area (Å²) >= 11 is 0. The summed E-state index contributed by atoms with van der Waals surface area (Å²) in [7, 11) is 0. The van der Waals surface area contributed by atoms with Crippen LogP contribution in [0.4, 0.5) is 0 Å². The molecule has 1 rings (SSSR count). The molecule has 0 bridgehead atoms. The molecule has 0 unspecified atom stereocenters. The molecule has 0 aromatic heterocycles. The average Bonchev–Trinajstić information content (AvgIpc) is 2.68. The third-order valence-corrected chi connectivity index (χ3v) is 4.43. The summed E-state index contributed by atoms with van der Waals surface area (Å²) in [5.41, 5.74) is 3.43. The number of hydrogen-bond donors (Lipinski definition) is 1. The van der Waals surface area contributed by atoms with Gasteiger partial charge in [-0.3, -0.25) is 4.79 Å². The number of rotatable bonds is 16. The van der Waals surface area contributed by atoms with Crippen LogP contribution in [0.3, 0.4) is 0 Å². The Balaban J connectivity index is 2.10. The second-order valence-corrected chi connectivity index (χ2v) is 6.86. The van der Waals surface area contributed by atoms with Crippen molar-refractivity contribution < 1.29 is 9.53 Å². The van der Waals surface area contributed by atoms with Crippen LogP contribution >= 0.6 is 0 Å². The average molecular weight is 373 g/mol. The smallest absolute Gasteiger partial charge is 0.240 e. The third-order valence-electron chi connectivity index (χ3n) is 4.43. The van der Waals surface area contributed by atoms with E-state index in [1.165, 1.54) is 51.4 Å². The maximum absolute atomic E-state index is 11.9. The predicted molar refractivity (Wildman–Crippen MR) is 114 cm³/mol. The Morgan fingerprint density at radius 2 is 1.67 bits per heavy atom. The Hall–Kier alpha value is -2.10. The van der Waals surface area contributed by atoms with Gasteiger partial charge in [0, 0.05) is 12.0 Å². The fraction of sp³-hybridized carbons (Fsp3) is 0.565. The number of para-hydroxylation sites is 1. The fourth-order valence-electron chi connectivity index (χ4n) is 2.87.